The predicted molar refractivity (Wildman–Crippen MR) is 83.7 cm³/mol. The number of rotatable bonds is 5. The van der Waals surface area contributed by atoms with Gasteiger partial charge in [-0.05, 0) is 49.2 Å². The topological polar surface area (TPSA) is 35.5 Å². The summed E-state index contributed by atoms with van der Waals surface area (Å²) in [4.78, 5) is 12.3. The van der Waals surface area contributed by atoms with Crippen molar-refractivity contribution in [1.29, 1.82) is 0 Å². The molecule has 2 rings (SSSR count). The molecule has 0 saturated carbocycles. The number of halogens is 1. The zero-order valence-electron chi connectivity index (χ0n) is 12.3. The Hall–Kier alpha value is -2.00. The van der Waals surface area contributed by atoms with Crippen LogP contribution in [-0.2, 0) is 0 Å². The molecule has 0 spiro atoms. The third kappa shape index (κ3) is 3.56. The highest BCUT2D eigenvalue weighted by atomic mass is 35.5. The van der Waals surface area contributed by atoms with Gasteiger partial charge < -0.3 is 9.47 Å². The van der Waals surface area contributed by atoms with Crippen LogP contribution in [0.2, 0.25) is 5.02 Å². The van der Waals surface area contributed by atoms with E-state index >= 15 is 0 Å². The van der Waals surface area contributed by atoms with Gasteiger partial charge in [-0.3, -0.25) is 4.79 Å². The molecular formula is C17H17ClO3. The molecule has 2 aromatic carbocycles. The third-order valence-electron chi connectivity index (χ3n) is 3.18. The van der Waals surface area contributed by atoms with Crippen LogP contribution in [0.15, 0.2) is 36.4 Å². The molecule has 21 heavy (non-hydrogen) atoms. The van der Waals surface area contributed by atoms with E-state index in [1.165, 1.54) is 0 Å². The number of ketones is 1. The van der Waals surface area contributed by atoms with E-state index in [2.05, 4.69) is 0 Å². The number of para-hydroxylation sites is 1. The van der Waals surface area contributed by atoms with Crippen LogP contribution in [0, 0.1) is 13.8 Å². The fourth-order valence-corrected chi connectivity index (χ4v) is 2.54. The first-order valence-corrected chi connectivity index (χ1v) is 6.96. The van der Waals surface area contributed by atoms with Gasteiger partial charge in [0.1, 0.15) is 11.5 Å². The lowest BCUT2D eigenvalue weighted by Gasteiger charge is -2.13. The van der Waals surface area contributed by atoms with E-state index in [4.69, 9.17) is 21.1 Å². The van der Waals surface area contributed by atoms with Gasteiger partial charge in [0.25, 0.3) is 0 Å². The minimum atomic E-state index is -0.124. The summed E-state index contributed by atoms with van der Waals surface area (Å²) < 4.78 is 10.9. The van der Waals surface area contributed by atoms with Crippen molar-refractivity contribution in [3.05, 3.63) is 58.1 Å². The second kappa shape index (κ2) is 6.64. The standard InChI is InChI=1S/C17H17ClO3/c1-11-8-13(18)9-12(2)17(11)21-10-15(19)14-6-4-5-7-16(14)20-3/h4-9H,10H2,1-3H3. The summed E-state index contributed by atoms with van der Waals surface area (Å²) in [7, 11) is 1.54. The van der Waals surface area contributed by atoms with Crippen LogP contribution in [0.5, 0.6) is 11.5 Å². The summed E-state index contributed by atoms with van der Waals surface area (Å²) in [6, 6.07) is 10.7. The summed E-state index contributed by atoms with van der Waals surface area (Å²) in [5, 5.41) is 0.661. The largest absolute Gasteiger partial charge is 0.496 e. The Kier molecular flexibility index (Phi) is 4.86. The monoisotopic (exact) mass is 304 g/mol. The molecule has 0 heterocycles. The molecule has 110 valence electrons. The van der Waals surface area contributed by atoms with Crippen molar-refractivity contribution in [3.8, 4) is 11.5 Å². The maximum atomic E-state index is 12.3. The van der Waals surface area contributed by atoms with Gasteiger partial charge in [-0.15, -0.1) is 0 Å². The Morgan fingerprint density at radius 1 is 1.14 bits per heavy atom. The van der Waals surface area contributed by atoms with Gasteiger partial charge in [0, 0.05) is 5.02 Å². The highest BCUT2D eigenvalue weighted by Crippen LogP contribution is 2.27. The van der Waals surface area contributed by atoms with Crippen molar-refractivity contribution in [1.82, 2.24) is 0 Å². The Labute approximate surface area is 129 Å². The summed E-state index contributed by atoms with van der Waals surface area (Å²) in [6.07, 6.45) is 0. The van der Waals surface area contributed by atoms with Gasteiger partial charge in [-0.2, -0.15) is 0 Å². The minimum Gasteiger partial charge on any atom is -0.496 e. The number of aryl methyl sites for hydroxylation is 2. The highest BCUT2D eigenvalue weighted by Gasteiger charge is 2.14. The fraction of sp³-hybridized carbons (Fsp3) is 0.235. The molecule has 0 fully saturated rings. The highest BCUT2D eigenvalue weighted by molar-refractivity contribution is 6.30. The van der Waals surface area contributed by atoms with Gasteiger partial charge in [0.15, 0.2) is 6.61 Å². The summed E-state index contributed by atoms with van der Waals surface area (Å²) >= 11 is 5.98. The normalized spacial score (nSPS) is 10.3. The van der Waals surface area contributed by atoms with Crippen LogP contribution in [0.3, 0.4) is 0 Å². The maximum absolute atomic E-state index is 12.3. The molecule has 0 unspecified atom stereocenters. The first-order valence-electron chi connectivity index (χ1n) is 6.58. The van der Waals surface area contributed by atoms with Crippen molar-refractivity contribution in [3.63, 3.8) is 0 Å². The molecule has 0 aliphatic rings. The van der Waals surface area contributed by atoms with Crippen molar-refractivity contribution in [2.45, 2.75) is 13.8 Å². The maximum Gasteiger partial charge on any atom is 0.203 e. The van der Waals surface area contributed by atoms with Crippen LogP contribution in [0.25, 0.3) is 0 Å². The fourth-order valence-electron chi connectivity index (χ4n) is 2.22. The average molecular weight is 305 g/mol. The van der Waals surface area contributed by atoms with Crippen molar-refractivity contribution in [2.75, 3.05) is 13.7 Å². The molecular weight excluding hydrogens is 288 g/mol. The molecule has 0 radical (unpaired) electrons. The smallest absolute Gasteiger partial charge is 0.203 e. The molecule has 0 atom stereocenters. The number of hydrogen-bond acceptors (Lipinski definition) is 3. The Morgan fingerprint density at radius 3 is 2.38 bits per heavy atom. The van der Waals surface area contributed by atoms with E-state index in [0.29, 0.717) is 22.1 Å². The third-order valence-corrected chi connectivity index (χ3v) is 3.40. The SMILES string of the molecule is COc1ccccc1C(=O)COc1c(C)cc(Cl)cc1C. The van der Waals surface area contributed by atoms with E-state index in [1.807, 2.05) is 32.0 Å². The second-order valence-electron chi connectivity index (χ2n) is 4.78. The second-order valence-corrected chi connectivity index (χ2v) is 5.22. The van der Waals surface area contributed by atoms with E-state index in [9.17, 15) is 4.79 Å². The molecule has 3 nitrogen and oxygen atoms in total. The van der Waals surface area contributed by atoms with Crippen LogP contribution in [0.4, 0.5) is 0 Å². The van der Waals surface area contributed by atoms with Gasteiger partial charge in [-0.25, -0.2) is 0 Å². The summed E-state index contributed by atoms with van der Waals surface area (Å²) in [6.45, 7) is 3.77. The molecule has 0 saturated heterocycles. The number of carbonyl (C=O) groups excluding carboxylic acids is 1. The van der Waals surface area contributed by atoms with Gasteiger partial charge in [-0.1, -0.05) is 23.7 Å². The first kappa shape index (κ1) is 15.4. The van der Waals surface area contributed by atoms with Gasteiger partial charge >= 0.3 is 0 Å². The lowest BCUT2D eigenvalue weighted by Crippen LogP contribution is -2.13. The Bertz CT molecular complexity index is 642. The van der Waals surface area contributed by atoms with E-state index in [1.54, 1.807) is 25.3 Å². The first-order chi connectivity index (χ1) is 10.0. The molecule has 0 aliphatic carbocycles. The lowest BCUT2D eigenvalue weighted by atomic mass is 10.1. The van der Waals surface area contributed by atoms with E-state index < -0.39 is 0 Å². The summed E-state index contributed by atoms with van der Waals surface area (Å²) in [5.41, 5.74) is 2.34. The molecule has 4 heteroatoms. The number of Topliss-reactive ketones (excluding diaryl/α,β-unsaturated/α-hetero) is 1. The Balaban J connectivity index is 2.15. The summed E-state index contributed by atoms with van der Waals surface area (Å²) in [5.74, 6) is 1.12. The van der Waals surface area contributed by atoms with Crippen molar-refractivity contribution >= 4 is 17.4 Å². The zero-order valence-corrected chi connectivity index (χ0v) is 13.0. The van der Waals surface area contributed by atoms with Gasteiger partial charge in [0.05, 0.1) is 12.7 Å². The zero-order chi connectivity index (χ0) is 15.4. The molecule has 0 amide bonds. The van der Waals surface area contributed by atoms with Crippen molar-refractivity contribution in [2.24, 2.45) is 0 Å². The molecule has 0 N–H and O–H groups in total. The van der Waals surface area contributed by atoms with Crippen LogP contribution in [-0.4, -0.2) is 19.5 Å². The minimum absolute atomic E-state index is 0.0380. The number of methoxy groups -OCH3 is 1. The van der Waals surface area contributed by atoms with E-state index in [0.717, 1.165) is 11.1 Å². The average Bonchev–Trinajstić information content (AvgIpc) is 2.45. The van der Waals surface area contributed by atoms with E-state index in [-0.39, 0.29) is 12.4 Å². The van der Waals surface area contributed by atoms with Crippen LogP contribution < -0.4 is 9.47 Å². The number of ether oxygens (including phenoxy) is 2. The predicted octanol–water partition coefficient (Wildman–Crippen LogP) is 4.23. The van der Waals surface area contributed by atoms with Crippen molar-refractivity contribution < 1.29 is 14.3 Å². The molecule has 0 aromatic heterocycles. The molecule has 0 bridgehead atoms. The Morgan fingerprint density at radius 2 is 1.76 bits per heavy atom. The quantitative estimate of drug-likeness (QED) is 0.776. The number of benzene rings is 2. The lowest BCUT2D eigenvalue weighted by molar-refractivity contribution is 0.0917. The molecule has 0 aliphatic heterocycles. The van der Waals surface area contributed by atoms with Gasteiger partial charge in [0.2, 0.25) is 5.78 Å². The molecule has 2 aromatic rings. The van der Waals surface area contributed by atoms with Crippen LogP contribution in [0.1, 0.15) is 21.5 Å². The number of hydrogen-bond donors (Lipinski definition) is 0. The number of carbonyl (C=O) groups is 1. The van der Waals surface area contributed by atoms with Crippen LogP contribution >= 0.6 is 11.6 Å².